The second kappa shape index (κ2) is 11.1. The van der Waals surface area contributed by atoms with Crippen LogP contribution in [0.4, 0.5) is 4.79 Å². The van der Waals surface area contributed by atoms with Gasteiger partial charge in [-0.05, 0) is 67.6 Å². The molecule has 1 aromatic carbocycles. The van der Waals surface area contributed by atoms with E-state index in [4.69, 9.17) is 15.9 Å². The molecule has 1 saturated heterocycles. The average molecular weight is 440 g/mol. The maximum atomic E-state index is 12.9. The number of amides is 2. The van der Waals surface area contributed by atoms with E-state index in [1.54, 1.807) is 12.2 Å². The van der Waals surface area contributed by atoms with Crippen LogP contribution in [0, 0.1) is 18.3 Å². The molecular weight excluding hydrogens is 410 g/mol. The monoisotopic (exact) mass is 439 g/mol. The Hall–Kier alpha value is -2.65. The molecule has 0 N–H and O–H groups in total. The van der Waals surface area contributed by atoms with Crippen molar-refractivity contribution in [3.05, 3.63) is 40.8 Å². The van der Waals surface area contributed by atoms with Crippen LogP contribution in [0.3, 0.4) is 0 Å². The van der Waals surface area contributed by atoms with Gasteiger partial charge < -0.3 is 9.47 Å². The zero-order valence-electron chi connectivity index (χ0n) is 18.0. The van der Waals surface area contributed by atoms with Gasteiger partial charge in [-0.2, -0.15) is 0 Å². The minimum Gasteiger partial charge on any atom is -0.490 e. The first-order chi connectivity index (χ1) is 15.1. The third-order valence-corrected chi connectivity index (χ3v) is 6.36. The van der Waals surface area contributed by atoms with E-state index >= 15 is 0 Å². The molecule has 1 aliphatic heterocycles. The highest BCUT2D eigenvalue weighted by Gasteiger charge is 2.36. The number of benzene rings is 1. The van der Waals surface area contributed by atoms with Crippen LogP contribution in [0.25, 0.3) is 6.08 Å². The molecule has 0 radical (unpaired) electrons. The van der Waals surface area contributed by atoms with Crippen LogP contribution < -0.4 is 9.47 Å². The summed E-state index contributed by atoms with van der Waals surface area (Å²) in [6, 6.07) is 3.74. The number of ether oxygens (including phenoxy) is 2. The number of carbonyl (C=O) groups excluding carboxylic acids is 2. The molecule has 164 valence electrons. The van der Waals surface area contributed by atoms with Gasteiger partial charge in [0.15, 0.2) is 11.5 Å². The first kappa shape index (κ1) is 23.0. The van der Waals surface area contributed by atoms with Crippen LogP contribution in [-0.4, -0.2) is 35.8 Å². The van der Waals surface area contributed by atoms with E-state index < -0.39 is 0 Å². The van der Waals surface area contributed by atoms with Crippen molar-refractivity contribution in [2.45, 2.75) is 45.4 Å². The van der Waals surface area contributed by atoms with Gasteiger partial charge in [-0.1, -0.05) is 31.3 Å². The van der Waals surface area contributed by atoms with Crippen LogP contribution in [0.2, 0.25) is 0 Å². The fraction of sp³-hybridized carbons (Fsp3) is 0.440. The van der Waals surface area contributed by atoms with E-state index in [9.17, 15) is 9.59 Å². The summed E-state index contributed by atoms with van der Waals surface area (Å²) in [6.07, 6.45) is 15.2. The summed E-state index contributed by atoms with van der Waals surface area (Å²) in [4.78, 5) is 27.3. The second-order valence-corrected chi connectivity index (χ2v) is 8.72. The minimum absolute atomic E-state index is 0.129. The van der Waals surface area contributed by atoms with Crippen molar-refractivity contribution >= 4 is 29.0 Å². The van der Waals surface area contributed by atoms with Gasteiger partial charge in [0.1, 0.15) is 6.61 Å². The first-order valence-corrected chi connectivity index (χ1v) is 11.6. The van der Waals surface area contributed by atoms with Gasteiger partial charge in [-0.3, -0.25) is 14.5 Å². The minimum atomic E-state index is -0.212. The van der Waals surface area contributed by atoms with E-state index in [0.29, 0.717) is 41.9 Å². The summed E-state index contributed by atoms with van der Waals surface area (Å²) in [6.45, 7) is 6.81. The molecular formula is C25H29NO4S. The highest BCUT2D eigenvalue weighted by molar-refractivity contribution is 8.18. The van der Waals surface area contributed by atoms with Gasteiger partial charge in [0, 0.05) is 12.1 Å². The van der Waals surface area contributed by atoms with Gasteiger partial charge >= 0.3 is 0 Å². The van der Waals surface area contributed by atoms with Crippen LogP contribution in [0.1, 0.15) is 50.2 Å². The summed E-state index contributed by atoms with van der Waals surface area (Å²) < 4.78 is 11.5. The largest absolute Gasteiger partial charge is 0.490 e. The molecule has 0 unspecified atom stereocenters. The topological polar surface area (TPSA) is 55.8 Å². The number of thioether (sulfide) groups is 1. The Morgan fingerprint density at radius 2 is 2.03 bits per heavy atom. The molecule has 1 heterocycles. The van der Waals surface area contributed by atoms with E-state index in [-0.39, 0.29) is 17.8 Å². The maximum absolute atomic E-state index is 12.9. The number of nitrogens with zero attached hydrogens (tertiary/aromatic N) is 1. The van der Waals surface area contributed by atoms with Gasteiger partial charge in [0.2, 0.25) is 0 Å². The highest BCUT2D eigenvalue weighted by atomic mass is 32.2. The summed E-state index contributed by atoms with van der Waals surface area (Å²) in [5.41, 5.74) is 1.64. The smallest absolute Gasteiger partial charge is 0.293 e. The molecule has 6 heteroatoms. The first-order valence-electron chi connectivity index (χ1n) is 10.8. The number of allylic oxidation sites excluding steroid dienone is 1. The van der Waals surface area contributed by atoms with Gasteiger partial charge in [-0.25, -0.2) is 0 Å². The maximum Gasteiger partial charge on any atom is 0.293 e. The molecule has 0 spiro atoms. The quantitative estimate of drug-likeness (QED) is 0.291. The van der Waals surface area contributed by atoms with Crippen molar-refractivity contribution in [1.82, 2.24) is 4.90 Å². The molecule has 1 saturated carbocycles. The Bertz CT molecular complexity index is 909. The average Bonchev–Trinajstić information content (AvgIpc) is 3.02. The normalized spacial score (nSPS) is 18.3. The lowest BCUT2D eigenvalue weighted by Gasteiger charge is -2.25. The van der Waals surface area contributed by atoms with Crippen molar-refractivity contribution < 1.29 is 19.1 Å². The molecule has 2 amide bonds. The summed E-state index contributed by atoms with van der Waals surface area (Å²) in [5, 5.41) is -0.188. The second-order valence-electron chi connectivity index (χ2n) is 7.72. The molecule has 0 aromatic heterocycles. The Morgan fingerprint density at radius 3 is 2.71 bits per heavy atom. The van der Waals surface area contributed by atoms with Gasteiger partial charge in [0.05, 0.1) is 11.5 Å². The third kappa shape index (κ3) is 5.74. The van der Waals surface area contributed by atoms with Crippen LogP contribution in [0.15, 0.2) is 29.7 Å². The van der Waals surface area contributed by atoms with Crippen molar-refractivity contribution in [3.8, 4) is 23.8 Å². The highest BCUT2D eigenvalue weighted by Crippen LogP contribution is 2.38. The number of hydrogen-bond acceptors (Lipinski definition) is 5. The number of terminal acetylenes is 1. The summed E-state index contributed by atoms with van der Waals surface area (Å²) in [7, 11) is 0. The van der Waals surface area contributed by atoms with Crippen molar-refractivity contribution in [1.29, 1.82) is 0 Å². The van der Waals surface area contributed by atoms with Crippen molar-refractivity contribution in [3.63, 3.8) is 0 Å². The van der Waals surface area contributed by atoms with Crippen molar-refractivity contribution in [2.24, 2.45) is 5.92 Å². The predicted molar refractivity (Wildman–Crippen MR) is 125 cm³/mol. The van der Waals surface area contributed by atoms with Crippen LogP contribution >= 0.6 is 11.8 Å². The van der Waals surface area contributed by atoms with E-state index in [0.717, 1.165) is 35.7 Å². The molecule has 5 nitrogen and oxygen atoms in total. The number of imide groups is 1. The number of hydrogen-bond donors (Lipinski definition) is 0. The molecule has 2 aliphatic rings. The Morgan fingerprint density at radius 1 is 1.26 bits per heavy atom. The van der Waals surface area contributed by atoms with Gasteiger partial charge in [-0.15, -0.1) is 13.0 Å². The van der Waals surface area contributed by atoms with Crippen molar-refractivity contribution in [2.75, 3.05) is 19.8 Å². The lowest BCUT2D eigenvalue weighted by Crippen LogP contribution is -2.34. The molecule has 0 atom stereocenters. The van der Waals surface area contributed by atoms with E-state index in [1.807, 2.05) is 19.1 Å². The van der Waals surface area contributed by atoms with Crippen LogP contribution in [0.5, 0.6) is 11.5 Å². The molecule has 1 aromatic rings. The summed E-state index contributed by atoms with van der Waals surface area (Å²) >= 11 is 1.00. The number of carbonyl (C=O) groups is 2. The van der Waals surface area contributed by atoms with E-state index in [2.05, 4.69) is 12.5 Å². The molecule has 31 heavy (non-hydrogen) atoms. The lowest BCUT2D eigenvalue weighted by atomic mass is 9.89. The molecule has 2 fully saturated rings. The molecule has 3 rings (SSSR count). The number of rotatable bonds is 9. The standard InChI is InChI=1S/C25H29NO4S/c1-4-10-20-14-19(15-21(29-6-3)23(20)30-13-5-2)16-22-24(27)26(25(28)31-22)17-18-11-8-7-9-12-18/h2,4,14-16,18H,1,6-13,17H2,3H3/b22-16+. The van der Waals surface area contributed by atoms with Crippen LogP contribution in [-0.2, 0) is 11.2 Å². The predicted octanol–water partition coefficient (Wildman–Crippen LogP) is 5.44. The third-order valence-electron chi connectivity index (χ3n) is 5.45. The molecule has 0 bridgehead atoms. The Labute approximate surface area is 188 Å². The lowest BCUT2D eigenvalue weighted by molar-refractivity contribution is -0.123. The fourth-order valence-corrected chi connectivity index (χ4v) is 4.90. The zero-order chi connectivity index (χ0) is 22.2. The SMILES string of the molecule is C#CCOc1c(CC=C)cc(/C=C2/SC(=O)N(CC3CCCCC3)C2=O)cc1OCC. The fourth-order valence-electron chi connectivity index (χ4n) is 4.05. The summed E-state index contributed by atoms with van der Waals surface area (Å²) in [5.74, 6) is 3.82. The zero-order valence-corrected chi connectivity index (χ0v) is 18.8. The van der Waals surface area contributed by atoms with E-state index in [1.165, 1.54) is 24.2 Å². The Balaban J connectivity index is 1.87. The van der Waals surface area contributed by atoms with Gasteiger partial charge in [0.25, 0.3) is 11.1 Å². The Kier molecular flexibility index (Phi) is 8.25. The molecule has 1 aliphatic carbocycles.